The van der Waals surface area contributed by atoms with Gasteiger partial charge in [-0.05, 0) is 22.0 Å². The number of ether oxygens (including phenoxy) is 1. The van der Waals surface area contributed by atoms with Crippen LogP contribution in [0, 0.1) is 0 Å². The van der Waals surface area contributed by atoms with Gasteiger partial charge in [0.05, 0.1) is 24.9 Å². The monoisotopic (exact) mass is 396 g/mol. The van der Waals surface area contributed by atoms with E-state index in [0.717, 1.165) is 5.56 Å². The summed E-state index contributed by atoms with van der Waals surface area (Å²) in [5.41, 5.74) is 1.48. The zero-order valence-corrected chi connectivity index (χ0v) is 13.8. The van der Waals surface area contributed by atoms with Gasteiger partial charge in [0.15, 0.2) is 0 Å². The smallest absolute Gasteiger partial charge is 0.149 e. The van der Waals surface area contributed by atoms with Crippen LogP contribution in [0.1, 0.15) is 16.5 Å². The Hall–Kier alpha value is -0.120. The van der Waals surface area contributed by atoms with Crippen molar-refractivity contribution < 1.29 is 4.74 Å². The van der Waals surface area contributed by atoms with Crippen molar-refractivity contribution in [1.29, 1.82) is 0 Å². The molecular formula is C13H5BrCl4O. The van der Waals surface area contributed by atoms with E-state index in [4.69, 9.17) is 51.1 Å². The number of hydrogen-bond acceptors (Lipinski definition) is 1. The van der Waals surface area contributed by atoms with Crippen LogP contribution in [-0.2, 0) is 0 Å². The molecule has 1 aliphatic rings. The minimum absolute atomic E-state index is 0.266. The first-order valence-corrected chi connectivity index (χ1v) is 7.65. The fraction of sp³-hybridized carbons (Fsp3) is 0.0769. The molecule has 1 unspecified atom stereocenters. The first kappa shape index (κ1) is 13.8. The SMILES string of the molecule is Clc1c(Cl)c(Br)c2c(c1Cl)C(Cl)c1ccccc1O2. The van der Waals surface area contributed by atoms with Gasteiger partial charge in [-0.15, -0.1) is 11.6 Å². The summed E-state index contributed by atoms with van der Waals surface area (Å²) in [4.78, 5) is 0. The Morgan fingerprint density at radius 1 is 1.00 bits per heavy atom. The summed E-state index contributed by atoms with van der Waals surface area (Å²) in [5.74, 6) is 1.20. The number of alkyl halides is 1. The zero-order chi connectivity index (χ0) is 13.7. The normalized spacial score (nSPS) is 16.6. The highest BCUT2D eigenvalue weighted by atomic mass is 79.9. The van der Waals surface area contributed by atoms with E-state index in [1.807, 2.05) is 24.3 Å². The molecule has 2 aromatic carbocycles. The minimum Gasteiger partial charge on any atom is -0.455 e. The van der Waals surface area contributed by atoms with Crippen LogP contribution < -0.4 is 4.74 Å². The maximum Gasteiger partial charge on any atom is 0.149 e. The van der Waals surface area contributed by atoms with Crippen molar-refractivity contribution in [3.05, 3.63) is 54.9 Å². The van der Waals surface area contributed by atoms with Crippen LogP contribution in [0.15, 0.2) is 28.7 Å². The van der Waals surface area contributed by atoms with E-state index < -0.39 is 5.38 Å². The molecule has 0 aromatic heterocycles. The summed E-state index contributed by atoms with van der Waals surface area (Å²) in [5, 5.41) is 0.467. The van der Waals surface area contributed by atoms with Crippen molar-refractivity contribution >= 4 is 62.3 Å². The molecule has 0 spiro atoms. The van der Waals surface area contributed by atoms with E-state index in [2.05, 4.69) is 15.9 Å². The first-order chi connectivity index (χ1) is 9.02. The van der Waals surface area contributed by atoms with E-state index in [-0.39, 0.29) is 5.02 Å². The molecule has 98 valence electrons. The van der Waals surface area contributed by atoms with Gasteiger partial charge in [0.25, 0.3) is 0 Å². The number of fused-ring (bicyclic) bond motifs is 2. The molecule has 1 heterocycles. The number of benzene rings is 2. The van der Waals surface area contributed by atoms with Crippen LogP contribution in [0.5, 0.6) is 11.5 Å². The molecule has 1 nitrogen and oxygen atoms in total. The van der Waals surface area contributed by atoms with Crippen molar-refractivity contribution in [3.8, 4) is 11.5 Å². The van der Waals surface area contributed by atoms with E-state index in [0.29, 0.717) is 31.6 Å². The molecule has 3 rings (SSSR count). The molecule has 0 aliphatic carbocycles. The molecule has 0 saturated carbocycles. The summed E-state index contributed by atoms with van der Waals surface area (Å²) in [7, 11) is 0. The summed E-state index contributed by atoms with van der Waals surface area (Å²) < 4.78 is 6.39. The third-order valence-electron chi connectivity index (χ3n) is 2.92. The van der Waals surface area contributed by atoms with Gasteiger partial charge in [0.2, 0.25) is 0 Å². The second-order valence-corrected chi connectivity index (χ2v) is 6.36. The second kappa shape index (κ2) is 5.01. The number of para-hydroxylation sites is 1. The summed E-state index contributed by atoms with van der Waals surface area (Å²) in [6.07, 6.45) is 0. The van der Waals surface area contributed by atoms with Crippen LogP contribution in [0.3, 0.4) is 0 Å². The molecule has 0 fully saturated rings. The third kappa shape index (κ3) is 2.05. The van der Waals surface area contributed by atoms with Gasteiger partial charge in [-0.1, -0.05) is 53.0 Å². The van der Waals surface area contributed by atoms with E-state index in [1.54, 1.807) is 0 Å². The highest BCUT2D eigenvalue weighted by molar-refractivity contribution is 9.10. The lowest BCUT2D eigenvalue weighted by atomic mass is 10.00. The highest BCUT2D eigenvalue weighted by Crippen LogP contribution is 2.55. The number of halogens is 5. The molecule has 0 radical (unpaired) electrons. The molecule has 6 heteroatoms. The summed E-state index contributed by atoms with van der Waals surface area (Å²) in [6, 6.07) is 7.50. The third-order valence-corrected chi connectivity index (χ3v) is 5.70. The van der Waals surface area contributed by atoms with Gasteiger partial charge in [-0.25, -0.2) is 0 Å². The molecule has 0 bridgehead atoms. The summed E-state index contributed by atoms with van der Waals surface area (Å²) in [6.45, 7) is 0. The zero-order valence-electron chi connectivity index (χ0n) is 9.18. The quantitative estimate of drug-likeness (QED) is 0.268. The Labute approximate surface area is 138 Å². The maximum absolute atomic E-state index is 6.49. The average molecular weight is 399 g/mol. The largest absolute Gasteiger partial charge is 0.455 e. The van der Waals surface area contributed by atoms with Crippen LogP contribution in [0.25, 0.3) is 0 Å². The molecule has 0 N–H and O–H groups in total. The topological polar surface area (TPSA) is 9.23 Å². The van der Waals surface area contributed by atoms with E-state index in [9.17, 15) is 0 Å². The fourth-order valence-corrected chi connectivity index (χ4v) is 3.77. The Morgan fingerprint density at radius 3 is 2.42 bits per heavy atom. The van der Waals surface area contributed by atoms with E-state index in [1.165, 1.54) is 0 Å². The Bertz CT molecular complexity index is 687. The molecular weight excluding hydrogens is 394 g/mol. The standard InChI is InChI=1S/C13H5BrCl4O/c14-8-11(17)12(18)10(16)7-9(15)5-3-1-2-4-6(5)19-13(7)8/h1-4,9H. The average Bonchev–Trinajstić information content (AvgIpc) is 2.43. The van der Waals surface area contributed by atoms with Crippen molar-refractivity contribution in [3.63, 3.8) is 0 Å². The molecule has 1 aliphatic heterocycles. The fourth-order valence-electron chi connectivity index (χ4n) is 2.00. The van der Waals surface area contributed by atoms with Crippen molar-refractivity contribution in [1.82, 2.24) is 0 Å². The van der Waals surface area contributed by atoms with E-state index >= 15 is 0 Å². The maximum atomic E-state index is 6.49. The predicted molar refractivity (Wildman–Crippen MR) is 83.4 cm³/mol. The number of hydrogen-bond donors (Lipinski definition) is 0. The van der Waals surface area contributed by atoms with Crippen molar-refractivity contribution in [2.24, 2.45) is 0 Å². The lowest BCUT2D eigenvalue weighted by Crippen LogP contribution is -2.07. The van der Waals surface area contributed by atoms with Crippen LogP contribution in [-0.4, -0.2) is 0 Å². The Morgan fingerprint density at radius 2 is 1.68 bits per heavy atom. The van der Waals surface area contributed by atoms with Crippen LogP contribution >= 0.6 is 62.3 Å². The van der Waals surface area contributed by atoms with Gasteiger partial charge in [-0.2, -0.15) is 0 Å². The second-order valence-electron chi connectivity index (χ2n) is 4.00. The van der Waals surface area contributed by atoms with Crippen LogP contribution in [0.4, 0.5) is 0 Å². The molecule has 1 atom stereocenters. The highest BCUT2D eigenvalue weighted by Gasteiger charge is 2.32. The van der Waals surface area contributed by atoms with Gasteiger partial charge in [-0.3, -0.25) is 0 Å². The van der Waals surface area contributed by atoms with Gasteiger partial charge in [0.1, 0.15) is 11.5 Å². The van der Waals surface area contributed by atoms with Gasteiger partial charge >= 0.3 is 0 Å². The number of rotatable bonds is 0. The van der Waals surface area contributed by atoms with Gasteiger partial charge in [0, 0.05) is 11.1 Å². The lowest BCUT2D eigenvalue weighted by molar-refractivity contribution is 0.455. The first-order valence-electron chi connectivity index (χ1n) is 5.29. The van der Waals surface area contributed by atoms with Crippen LogP contribution in [0.2, 0.25) is 15.1 Å². The molecule has 19 heavy (non-hydrogen) atoms. The molecule has 0 amide bonds. The van der Waals surface area contributed by atoms with Crippen molar-refractivity contribution in [2.45, 2.75) is 5.38 Å². The molecule has 0 saturated heterocycles. The van der Waals surface area contributed by atoms with Crippen molar-refractivity contribution in [2.75, 3.05) is 0 Å². The Balaban J connectivity index is 2.32. The summed E-state index contributed by atoms with van der Waals surface area (Å²) >= 11 is 28.3. The predicted octanol–water partition coefficient (Wildman–Crippen LogP) is 6.84. The Kier molecular flexibility index (Phi) is 3.65. The van der Waals surface area contributed by atoms with Gasteiger partial charge < -0.3 is 4.74 Å². The lowest BCUT2D eigenvalue weighted by Gasteiger charge is -2.27. The molecule has 2 aromatic rings. The minimum atomic E-state index is -0.432.